The van der Waals surface area contributed by atoms with Gasteiger partial charge < -0.3 is 24.4 Å². The van der Waals surface area contributed by atoms with Crippen molar-refractivity contribution in [2.24, 2.45) is 0 Å². The molecule has 1 heterocycles. The number of urea groups is 1. The van der Waals surface area contributed by atoms with Gasteiger partial charge in [-0.15, -0.1) is 0 Å². The molecule has 0 spiro atoms. The van der Waals surface area contributed by atoms with E-state index in [1.807, 2.05) is 18.2 Å². The van der Waals surface area contributed by atoms with Gasteiger partial charge in [0.25, 0.3) is 0 Å². The highest BCUT2D eigenvalue weighted by molar-refractivity contribution is 5.74. The summed E-state index contributed by atoms with van der Waals surface area (Å²) in [7, 11) is 4.98. The van der Waals surface area contributed by atoms with E-state index in [1.165, 1.54) is 0 Å². The summed E-state index contributed by atoms with van der Waals surface area (Å²) < 4.78 is 16.0. The first-order chi connectivity index (χ1) is 10.6. The molecule has 1 fully saturated rings. The molecule has 6 heteroatoms. The van der Waals surface area contributed by atoms with Crippen LogP contribution in [0.3, 0.4) is 0 Å². The second-order valence-corrected chi connectivity index (χ2v) is 5.35. The molecule has 6 nitrogen and oxygen atoms in total. The summed E-state index contributed by atoms with van der Waals surface area (Å²) >= 11 is 0. The third-order valence-electron chi connectivity index (χ3n) is 3.75. The fourth-order valence-corrected chi connectivity index (χ4v) is 2.45. The van der Waals surface area contributed by atoms with Gasteiger partial charge in [0.05, 0.1) is 26.9 Å². The Morgan fingerprint density at radius 1 is 1.41 bits per heavy atom. The molecule has 22 heavy (non-hydrogen) atoms. The van der Waals surface area contributed by atoms with Gasteiger partial charge in [-0.3, -0.25) is 0 Å². The van der Waals surface area contributed by atoms with E-state index >= 15 is 0 Å². The lowest BCUT2D eigenvalue weighted by molar-refractivity contribution is 0.109. The summed E-state index contributed by atoms with van der Waals surface area (Å²) in [6, 6.07) is 5.46. The Hall–Kier alpha value is -1.95. The first kappa shape index (κ1) is 16.4. The molecule has 122 valence electrons. The molecular weight excluding hydrogens is 284 g/mol. The van der Waals surface area contributed by atoms with E-state index in [1.54, 1.807) is 26.2 Å². The second kappa shape index (κ2) is 7.89. The number of ether oxygens (including phenoxy) is 3. The average Bonchev–Trinajstić information content (AvgIpc) is 3.06. The van der Waals surface area contributed by atoms with Gasteiger partial charge >= 0.3 is 6.03 Å². The highest BCUT2D eigenvalue weighted by Crippen LogP contribution is 2.25. The summed E-state index contributed by atoms with van der Waals surface area (Å²) in [5.74, 6) is 1.43. The zero-order chi connectivity index (χ0) is 15.9. The molecule has 0 radical (unpaired) electrons. The first-order valence-electron chi connectivity index (χ1n) is 7.45. The Labute approximate surface area is 131 Å². The van der Waals surface area contributed by atoms with Crippen molar-refractivity contribution in [1.82, 2.24) is 10.2 Å². The molecule has 1 N–H and O–H groups in total. The molecule has 0 aromatic heterocycles. The molecule has 1 aliphatic heterocycles. The molecule has 0 bridgehead atoms. The van der Waals surface area contributed by atoms with Crippen molar-refractivity contribution in [2.75, 3.05) is 34.4 Å². The monoisotopic (exact) mass is 308 g/mol. The molecule has 0 unspecified atom stereocenters. The Morgan fingerprint density at radius 2 is 2.23 bits per heavy atom. The third-order valence-corrected chi connectivity index (χ3v) is 3.75. The molecule has 1 aliphatic rings. The first-order valence-corrected chi connectivity index (χ1v) is 7.45. The molecule has 1 aromatic carbocycles. The smallest absolute Gasteiger partial charge is 0.317 e. The number of nitrogens with one attached hydrogen (secondary N) is 1. The molecule has 2 rings (SSSR count). The van der Waals surface area contributed by atoms with E-state index < -0.39 is 0 Å². The highest BCUT2D eigenvalue weighted by Gasteiger charge is 2.18. The maximum atomic E-state index is 12.1. The predicted molar refractivity (Wildman–Crippen MR) is 83.4 cm³/mol. The van der Waals surface area contributed by atoms with Crippen LogP contribution in [0.5, 0.6) is 11.5 Å². The topological polar surface area (TPSA) is 60.0 Å². The molecule has 0 aliphatic carbocycles. The van der Waals surface area contributed by atoms with E-state index in [4.69, 9.17) is 14.2 Å². The van der Waals surface area contributed by atoms with Crippen molar-refractivity contribution >= 4 is 6.03 Å². The number of nitrogens with zero attached hydrogens (tertiary/aromatic N) is 1. The van der Waals surface area contributed by atoms with Gasteiger partial charge in [0.15, 0.2) is 0 Å². The minimum atomic E-state index is -0.117. The molecule has 2 amide bonds. The Kier molecular flexibility index (Phi) is 5.89. The van der Waals surface area contributed by atoms with Crippen molar-refractivity contribution in [3.63, 3.8) is 0 Å². The fraction of sp³-hybridized carbons (Fsp3) is 0.562. The lowest BCUT2D eigenvalue weighted by atomic mass is 10.2. The van der Waals surface area contributed by atoms with Crippen molar-refractivity contribution in [2.45, 2.75) is 25.5 Å². The van der Waals surface area contributed by atoms with E-state index in [0.29, 0.717) is 18.8 Å². The molecule has 1 aromatic rings. The second-order valence-electron chi connectivity index (χ2n) is 5.35. The Morgan fingerprint density at radius 3 is 2.86 bits per heavy atom. The summed E-state index contributed by atoms with van der Waals surface area (Å²) in [5.41, 5.74) is 0.929. The minimum absolute atomic E-state index is 0.117. The van der Waals surface area contributed by atoms with Crippen molar-refractivity contribution in [3.8, 4) is 11.5 Å². The number of amides is 2. The van der Waals surface area contributed by atoms with Crippen LogP contribution in [-0.2, 0) is 11.3 Å². The molecule has 0 saturated carbocycles. The number of hydrogen-bond acceptors (Lipinski definition) is 4. The summed E-state index contributed by atoms with van der Waals surface area (Å²) in [4.78, 5) is 13.7. The predicted octanol–water partition coefficient (Wildman–Crippen LogP) is 2.02. The van der Waals surface area contributed by atoms with Crippen LogP contribution >= 0.6 is 0 Å². The number of carbonyl (C=O) groups excluding carboxylic acids is 1. The quantitative estimate of drug-likeness (QED) is 0.873. The fourth-order valence-electron chi connectivity index (χ4n) is 2.45. The maximum absolute atomic E-state index is 12.1. The van der Waals surface area contributed by atoms with Gasteiger partial charge in [0.1, 0.15) is 11.5 Å². The summed E-state index contributed by atoms with van der Waals surface area (Å²) in [6.45, 7) is 1.81. The maximum Gasteiger partial charge on any atom is 0.317 e. The lowest BCUT2D eigenvalue weighted by Crippen LogP contribution is -2.40. The van der Waals surface area contributed by atoms with E-state index in [0.717, 1.165) is 30.8 Å². The van der Waals surface area contributed by atoms with Crippen LogP contribution in [0.4, 0.5) is 4.79 Å². The van der Waals surface area contributed by atoms with Crippen LogP contribution in [0.2, 0.25) is 0 Å². The van der Waals surface area contributed by atoms with Crippen LogP contribution in [-0.4, -0.2) is 51.5 Å². The highest BCUT2D eigenvalue weighted by atomic mass is 16.5. The largest absolute Gasteiger partial charge is 0.497 e. The molecular formula is C16H24N2O4. The van der Waals surface area contributed by atoms with E-state index in [2.05, 4.69) is 5.32 Å². The third kappa shape index (κ3) is 4.27. The van der Waals surface area contributed by atoms with E-state index in [9.17, 15) is 4.79 Å². The van der Waals surface area contributed by atoms with Crippen LogP contribution in [0, 0.1) is 0 Å². The minimum Gasteiger partial charge on any atom is -0.497 e. The standard InChI is InChI=1S/C16H24N2O4/c1-18(16(19)17-10-14-5-4-8-22-14)11-12-6-7-13(20-2)9-15(12)21-3/h6-7,9,14H,4-5,8,10-11H2,1-3H3,(H,17,19)/t14-/m1/s1. The SMILES string of the molecule is COc1ccc(CN(C)C(=O)NC[C@H]2CCCO2)c(OC)c1. The number of carbonyl (C=O) groups is 1. The van der Waals surface area contributed by atoms with Gasteiger partial charge in [-0.25, -0.2) is 4.79 Å². The average molecular weight is 308 g/mol. The van der Waals surface area contributed by atoms with E-state index in [-0.39, 0.29) is 12.1 Å². The molecule has 1 saturated heterocycles. The van der Waals surface area contributed by atoms with Gasteiger partial charge in [-0.05, 0) is 25.0 Å². The van der Waals surface area contributed by atoms with Gasteiger partial charge in [0.2, 0.25) is 0 Å². The summed E-state index contributed by atoms with van der Waals surface area (Å²) in [5, 5.41) is 2.90. The van der Waals surface area contributed by atoms with Gasteiger partial charge in [0, 0.05) is 31.8 Å². The van der Waals surface area contributed by atoms with Crippen LogP contribution < -0.4 is 14.8 Å². The number of methoxy groups -OCH3 is 2. The number of hydrogen-bond donors (Lipinski definition) is 1. The number of rotatable bonds is 6. The van der Waals surface area contributed by atoms with Crippen molar-refractivity contribution < 1.29 is 19.0 Å². The van der Waals surface area contributed by atoms with Crippen LogP contribution in [0.1, 0.15) is 18.4 Å². The Bertz CT molecular complexity index is 501. The van der Waals surface area contributed by atoms with Crippen molar-refractivity contribution in [1.29, 1.82) is 0 Å². The summed E-state index contributed by atoms with van der Waals surface area (Å²) in [6.07, 6.45) is 2.23. The lowest BCUT2D eigenvalue weighted by Gasteiger charge is -2.21. The van der Waals surface area contributed by atoms with Crippen LogP contribution in [0.25, 0.3) is 0 Å². The van der Waals surface area contributed by atoms with Gasteiger partial charge in [-0.2, -0.15) is 0 Å². The Balaban J connectivity index is 1.89. The van der Waals surface area contributed by atoms with Crippen molar-refractivity contribution in [3.05, 3.63) is 23.8 Å². The number of benzene rings is 1. The zero-order valence-corrected chi connectivity index (χ0v) is 13.4. The van der Waals surface area contributed by atoms with Gasteiger partial charge in [-0.1, -0.05) is 0 Å². The normalized spacial score (nSPS) is 17.1. The molecule has 1 atom stereocenters. The van der Waals surface area contributed by atoms with Crippen LogP contribution in [0.15, 0.2) is 18.2 Å². The zero-order valence-electron chi connectivity index (χ0n) is 13.4.